The topological polar surface area (TPSA) is 17.4 Å². The van der Waals surface area contributed by atoms with Gasteiger partial charge >= 0.3 is 252 Å². The number of hydrogen-bond acceptors (Lipinski definition) is 2. The molecular weight excluding hydrogens is 626 g/mol. The molecule has 0 saturated heterocycles. The van der Waals surface area contributed by atoms with Crippen LogP contribution in [0.5, 0.6) is 5.75 Å². The first-order chi connectivity index (χ1) is 19.1. The number of benzene rings is 2. The zero-order chi connectivity index (χ0) is 28.9. The monoisotopic (exact) mass is 676 g/mol. The van der Waals surface area contributed by atoms with Crippen LogP contribution in [0, 0.1) is 11.2 Å². The standard InChI is InChI=1S/C22H23ClFN2O.3C4H9.Sn/c1-22(2,3)20-13-25(4)12-15-10-17(11-18(23)21(15)27-20)26-8-7-14-9-16(24)5-6-19(14)26;3*1-3-4-2;/h5-11,20H,4,12-13H2,1-3H3;3*1,3-4H2,2H3;. The summed E-state index contributed by atoms with van der Waals surface area (Å²) in [6, 6.07) is 11.2. The Balaban J connectivity index is 1.75. The van der Waals surface area contributed by atoms with Gasteiger partial charge < -0.3 is 0 Å². The molecule has 0 amide bonds. The van der Waals surface area contributed by atoms with Gasteiger partial charge in [-0.1, -0.05) is 0 Å². The average molecular weight is 676 g/mol. The molecule has 1 aliphatic heterocycles. The van der Waals surface area contributed by atoms with Gasteiger partial charge in [-0.15, -0.1) is 0 Å². The molecule has 40 heavy (non-hydrogen) atoms. The summed E-state index contributed by atoms with van der Waals surface area (Å²) in [5, 5.41) is 1.55. The third-order valence-corrected chi connectivity index (χ3v) is 24.4. The maximum absolute atomic E-state index is 13.9. The van der Waals surface area contributed by atoms with E-state index in [1.807, 2.05) is 24.4 Å². The normalized spacial score (nSPS) is 16.6. The summed E-state index contributed by atoms with van der Waals surface area (Å²) in [6.45, 7) is 15.7. The predicted octanol–water partition coefficient (Wildman–Crippen LogP) is 10.4. The van der Waals surface area contributed by atoms with E-state index in [0.717, 1.165) is 35.4 Å². The van der Waals surface area contributed by atoms with Crippen LogP contribution < -0.4 is 4.74 Å². The first-order valence-corrected chi connectivity index (χ1v) is 24.0. The molecule has 0 bridgehead atoms. The summed E-state index contributed by atoms with van der Waals surface area (Å²) < 4.78 is 28.6. The van der Waals surface area contributed by atoms with E-state index in [2.05, 4.69) is 57.1 Å². The average Bonchev–Trinajstić information content (AvgIpc) is 3.22. The fourth-order valence-electron chi connectivity index (χ4n) is 6.39. The van der Waals surface area contributed by atoms with Gasteiger partial charge in [0.25, 0.3) is 0 Å². The fourth-order valence-corrected chi connectivity index (χ4v) is 23.0. The Morgan fingerprint density at radius 3 is 2.20 bits per heavy atom. The summed E-state index contributed by atoms with van der Waals surface area (Å²) >= 11 is 4.57. The van der Waals surface area contributed by atoms with Crippen molar-refractivity contribution in [2.24, 2.45) is 5.41 Å². The molecule has 1 aliphatic rings. The van der Waals surface area contributed by atoms with Crippen molar-refractivity contribution < 1.29 is 9.13 Å². The molecule has 1 aromatic heterocycles. The van der Waals surface area contributed by atoms with E-state index >= 15 is 0 Å². The molecule has 220 valence electrons. The van der Waals surface area contributed by atoms with Gasteiger partial charge in [0.2, 0.25) is 0 Å². The molecule has 2 aromatic carbocycles. The molecule has 0 saturated carbocycles. The zero-order valence-electron chi connectivity index (χ0n) is 25.7. The molecule has 0 fully saturated rings. The quantitative estimate of drug-likeness (QED) is 0.178. The van der Waals surface area contributed by atoms with Gasteiger partial charge in [-0.05, 0) is 0 Å². The molecule has 3 nitrogen and oxygen atoms in total. The third-order valence-electron chi connectivity index (χ3n) is 8.82. The summed E-state index contributed by atoms with van der Waals surface area (Å²) in [6.07, 6.45) is 10.1. The molecule has 1 atom stereocenters. The number of fused-ring (bicyclic) bond motifs is 2. The third kappa shape index (κ3) is 7.58. The van der Waals surface area contributed by atoms with Gasteiger partial charge in [0.05, 0.1) is 0 Å². The van der Waals surface area contributed by atoms with E-state index in [1.165, 1.54) is 68.0 Å². The van der Waals surface area contributed by atoms with E-state index in [0.29, 0.717) is 5.02 Å². The number of ether oxygens (including phenoxy) is 1. The van der Waals surface area contributed by atoms with Crippen molar-refractivity contribution >= 4 is 40.9 Å². The van der Waals surface area contributed by atoms with Crippen LogP contribution in [0.4, 0.5) is 4.39 Å². The molecule has 0 aliphatic carbocycles. The summed E-state index contributed by atoms with van der Waals surface area (Å²) in [4.78, 5) is 2.77. The molecule has 0 N–H and O–H groups in total. The van der Waals surface area contributed by atoms with Gasteiger partial charge in [-0.2, -0.15) is 0 Å². The fraction of sp³-hybridized carbons (Fsp3) is 0.588. The molecule has 1 unspecified atom stereocenters. The molecule has 4 rings (SSSR count). The Hall–Kier alpha value is -1.24. The number of halogens is 2. The molecular formula is C34H50ClFN2OSn. The SMILES string of the molecule is CCC[CH2][Sn]([CH2]CCC)([CH2]CCC)[CH2]N1Cc2cc(-n3ccc4cc(F)ccc43)cc(Cl)c2OC(C(C)(C)C)C1. The van der Waals surface area contributed by atoms with Crippen LogP contribution >= 0.6 is 11.6 Å². The van der Waals surface area contributed by atoms with E-state index in [9.17, 15) is 4.39 Å². The second-order valence-electron chi connectivity index (χ2n) is 13.3. The molecule has 2 heterocycles. The number of unbranched alkanes of at least 4 members (excludes halogenated alkanes) is 3. The number of hydrogen-bond donors (Lipinski definition) is 0. The van der Waals surface area contributed by atoms with Crippen LogP contribution in [0.15, 0.2) is 42.6 Å². The second-order valence-corrected chi connectivity index (χ2v) is 27.4. The van der Waals surface area contributed by atoms with Crippen molar-refractivity contribution in [3.05, 3.63) is 59.0 Å². The number of aromatic nitrogens is 1. The maximum atomic E-state index is 13.9. The molecule has 0 radical (unpaired) electrons. The van der Waals surface area contributed by atoms with E-state index in [4.69, 9.17) is 16.3 Å². The van der Waals surface area contributed by atoms with Crippen molar-refractivity contribution in [2.75, 3.05) is 11.1 Å². The first-order valence-electron chi connectivity index (χ1n) is 15.6. The van der Waals surface area contributed by atoms with Crippen molar-refractivity contribution in [2.45, 2.75) is 106 Å². The van der Waals surface area contributed by atoms with E-state index < -0.39 is 18.4 Å². The molecule has 3 aromatic rings. The van der Waals surface area contributed by atoms with Crippen molar-refractivity contribution in [1.29, 1.82) is 0 Å². The summed E-state index contributed by atoms with van der Waals surface area (Å²) in [7, 11) is 0. The summed E-state index contributed by atoms with van der Waals surface area (Å²) in [5.74, 6) is 0.623. The summed E-state index contributed by atoms with van der Waals surface area (Å²) in [5.41, 5.74) is 3.14. The Bertz CT molecular complexity index is 1250. The minimum atomic E-state index is -2.44. The minimum absolute atomic E-state index is 0.00298. The van der Waals surface area contributed by atoms with Crippen LogP contribution in [-0.2, 0) is 6.54 Å². The van der Waals surface area contributed by atoms with Crippen molar-refractivity contribution in [3.63, 3.8) is 0 Å². The van der Waals surface area contributed by atoms with Gasteiger partial charge in [0, 0.05) is 0 Å². The second kappa shape index (κ2) is 13.8. The van der Waals surface area contributed by atoms with Crippen LogP contribution in [0.25, 0.3) is 16.6 Å². The van der Waals surface area contributed by atoms with Crippen LogP contribution in [0.3, 0.4) is 0 Å². The number of rotatable bonds is 12. The van der Waals surface area contributed by atoms with Crippen molar-refractivity contribution in [3.8, 4) is 11.4 Å². The molecule has 0 spiro atoms. The Morgan fingerprint density at radius 1 is 0.950 bits per heavy atom. The van der Waals surface area contributed by atoms with Gasteiger partial charge in [-0.25, -0.2) is 0 Å². The predicted molar refractivity (Wildman–Crippen MR) is 172 cm³/mol. The Labute approximate surface area is 251 Å². The van der Waals surface area contributed by atoms with Crippen LogP contribution in [0.2, 0.25) is 18.3 Å². The van der Waals surface area contributed by atoms with Gasteiger partial charge in [-0.3, -0.25) is 0 Å². The zero-order valence-corrected chi connectivity index (χ0v) is 29.3. The first kappa shape index (κ1) is 31.7. The molecule has 6 heteroatoms. The van der Waals surface area contributed by atoms with E-state index in [-0.39, 0.29) is 17.3 Å². The van der Waals surface area contributed by atoms with Gasteiger partial charge in [0.15, 0.2) is 0 Å². The van der Waals surface area contributed by atoms with Gasteiger partial charge in [0.1, 0.15) is 0 Å². The number of nitrogens with zero attached hydrogens (tertiary/aromatic N) is 2. The van der Waals surface area contributed by atoms with E-state index in [1.54, 1.807) is 6.07 Å². The van der Waals surface area contributed by atoms with Crippen molar-refractivity contribution in [1.82, 2.24) is 9.47 Å². The Kier molecular flexibility index (Phi) is 10.9. The Morgan fingerprint density at radius 2 is 1.60 bits per heavy atom. The van der Waals surface area contributed by atoms with Crippen LogP contribution in [-0.4, -0.2) is 45.1 Å². The van der Waals surface area contributed by atoms with Crippen LogP contribution in [0.1, 0.15) is 85.6 Å².